The molecule has 0 atom stereocenters. The largest absolute Gasteiger partial charge is 0.490 e. The fraction of sp³-hybridized carbons (Fsp3) is 0.600. The lowest BCUT2D eigenvalue weighted by Crippen LogP contribution is -2.42. The number of methoxy groups -OCH3 is 1. The average Bonchev–Trinajstić information content (AvgIpc) is 2.60. The molecule has 1 aliphatic heterocycles. The van der Waals surface area contributed by atoms with Crippen LogP contribution in [0.25, 0.3) is 0 Å². The minimum atomic E-state index is -0.353. The Hall–Kier alpha value is -1.75. The van der Waals surface area contributed by atoms with Gasteiger partial charge in [0.25, 0.3) is 0 Å². The second kappa shape index (κ2) is 8.76. The number of rotatable bonds is 5. The molecule has 1 aromatic carbocycles. The van der Waals surface area contributed by atoms with Gasteiger partial charge in [-0.15, -0.1) is 0 Å². The van der Waals surface area contributed by atoms with Gasteiger partial charge in [0.1, 0.15) is 11.9 Å². The Morgan fingerprint density at radius 1 is 1.19 bits per heavy atom. The molecule has 0 aliphatic carbocycles. The van der Waals surface area contributed by atoms with Crippen molar-refractivity contribution in [1.29, 1.82) is 0 Å². The van der Waals surface area contributed by atoms with Crippen LogP contribution in [-0.4, -0.2) is 43.1 Å². The number of carbonyl (C=O) groups excluding carboxylic acids is 2. The summed E-state index contributed by atoms with van der Waals surface area (Å²) in [5, 5.41) is 0.702. The normalized spacial score (nSPS) is 15.7. The van der Waals surface area contributed by atoms with Crippen LogP contribution in [0.3, 0.4) is 0 Å². The number of likely N-dealkylation sites (tertiary alicyclic amines) is 1. The van der Waals surface area contributed by atoms with E-state index in [-0.39, 0.29) is 36.2 Å². The second-order valence-corrected chi connectivity index (χ2v) is 8.10. The molecule has 0 bridgehead atoms. The van der Waals surface area contributed by atoms with Gasteiger partial charge in [-0.05, 0) is 23.6 Å². The summed E-state index contributed by atoms with van der Waals surface area (Å²) in [6.45, 7) is 7.68. The average molecular weight is 382 g/mol. The molecule has 1 aromatic rings. The maximum Gasteiger partial charge on any atom is 0.306 e. The van der Waals surface area contributed by atoms with Crippen LogP contribution >= 0.6 is 11.6 Å². The molecule has 5 nitrogen and oxygen atoms in total. The highest BCUT2D eigenvalue weighted by molar-refractivity contribution is 6.30. The van der Waals surface area contributed by atoms with Crippen LogP contribution in [0.5, 0.6) is 5.75 Å². The summed E-state index contributed by atoms with van der Waals surface area (Å²) in [5.74, 6) is 0.502. The third-order valence-electron chi connectivity index (χ3n) is 4.61. The Bertz CT molecular complexity index is 646. The first-order valence-corrected chi connectivity index (χ1v) is 9.40. The summed E-state index contributed by atoms with van der Waals surface area (Å²) in [6.07, 6.45) is 1.95. The topological polar surface area (TPSA) is 55.8 Å². The molecular formula is C20H28ClNO4. The minimum absolute atomic E-state index is 0.00396. The monoisotopic (exact) mass is 381 g/mol. The van der Waals surface area contributed by atoms with Gasteiger partial charge in [-0.3, -0.25) is 9.59 Å². The molecule has 0 saturated carbocycles. The molecule has 144 valence electrons. The summed E-state index contributed by atoms with van der Waals surface area (Å²) in [6, 6.07) is 5.73. The Balaban J connectivity index is 1.91. The Morgan fingerprint density at radius 2 is 1.85 bits per heavy atom. The van der Waals surface area contributed by atoms with Crippen molar-refractivity contribution in [2.45, 2.75) is 58.0 Å². The Morgan fingerprint density at radius 3 is 2.42 bits per heavy atom. The standard InChI is InChI=1S/C20H28ClNO4/c1-20(2,3)16-13-14(21)5-6-17(16)26-15-9-11-22(12-10-15)18(23)7-8-19(24)25-4/h5-6,13,15H,7-12H2,1-4H3. The molecule has 26 heavy (non-hydrogen) atoms. The van der Waals surface area contributed by atoms with E-state index >= 15 is 0 Å². The molecule has 6 heteroatoms. The van der Waals surface area contributed by atoms with Gasteiger partial charge in [-0.1, -0.05) is 32.4 Å². The SMILES string of the molecule is COC(=O)CCC(=O)N1CCC(Oc2ccc(Cl)cc2C(C)(C)C)CC1. The fourth-order valence-corrected chi connectivity index (χ4v) is 3.23. The number of hydrogen-bond acceptors (Lipinski definition) is 4. The number of benzene rings is 1. The third kappa shape index (κ3) is 5.63. The summed E-state index contributed by atoms with van der Waals surface area (Å²) in [4.78, 5) is 25.1. The lowest BCUT2D eigenvalue weighted by atomic mass is 9.86. The number of ether oxygens (including phenoxy) is 2. The number of carbonyl (C=O) groups is 2. The van der Waals surface area contributed by atoms with Crippen LogP contribution in [0.1, 0.15) is 52.0 Å². The van der Waals surface area contributed by atoms with Crippen molar-refractivity contribution >= 4 is 23.5 Å². The van der Waals surface area contributed by atoms with Gasteiger partial charge in [-0.2, -0.15) is 0 Å². The number of hydrogen-bond donors (Lipinski definition) is 0. The molecule has 1 heterocycles. The second-order valence-electron chi connectivity index (χ2n) is 7.66. The van der Waals surface area contributed by atoms with E-state index in [9.17, 15) is 9.59 Å². The number of piperidine rings is 1. The van der Waals surface area contributed by atoms with Crippen LogP contribution in [0.2, 0.25) is 5.02 Å². The molecule has 0 radical (unpaired) electrons. The first-order chi connectivity index (χ1) is 12.2. The highest BCUT2D eigenvalue weighted by Gasteiger charge is 2.26. The van der Waals surface area contributed by atoms with Crippen LogP contribution in [-0.2, 0) is 19.7 Å². The molecule has 0 spiro atoms. The predicted octanol–water partition coefficient (Wildman–Crippen LogP) is 3.96. The van der Waals surface area contributed by atoms with Gasteiger partial charge >= 0.3 is 5.97 Å². The zero-order valence-corrected chi connectivity index (χ0v) is 16.8. The van der Waals surface area contributed by atoms with Gasteiger partial charge in [0, 0.05) is 42.9 Å². The quantitative estimate of drug-likeness (QED) is 0.724. The molecule has 1 saturated heterocycles. The van der Waals surface area contributed by atoms with Crippen molar-refractivity contribution in [1.82, 2.24) is 4.90 Å². The smallest absolute Gasteiger partial charge is 0.306 e. The van der Waals surface area contributed by atoms with Crippen molar-refractivity contribution in [3.05, 3.63) is 28.8 Å². The van der Waals surface area contributed by atoms with Crippen LogP contribution < -0.4 is 4.74 Å². The number of amides is 1. The lowest BCUT2D eigenvalue weighted by molar-refractivity contribution is -0.144. The van der Waals surface area contributed by atoms with E-state index in [0.717, 1.165) is 24.2 Å². The maximum atomic E-state index is 12.2. The van der Waals surface area contributed by atoms with Gasteiger partial charge in [0.2, 0.25) is 5.91 Å². The third-order valence-corrected chi connectivity index (χ3v) is 4.84. The number of halogens is 1. The van der Waals surface area contributed by atoms with E-state index in [2.05, 4.69) is 25.5 Å². The van der Waals surface area contributed by atoms with E-state index in [1.165, 1.54) is 7.11 Å². The van der Waals surface area contributed by atoms with Gasteiger partial charge in [0.15, 0.2) is 0 Å². The maximum absolute atomic E-state index is 12.2. The fourth-order valence-electron chi connectivity index (χ4n) is 3.06. The highest BCUT2D eigenvalue weighted by Crippen LogP contribution is 2.35. The number of esters is 1. The van der Waals surface area contributed by atoms with Crippen LogP contribution in [0.15, 0.2) is 18.2 Å². The minimum Gasteiger partial charge on any atom is -0.490 e. The van der Waals surface area contributed by atoms with Crippen molar-refractivity contribution in [2.24, 2.45) is 0 Å². The molecule has 0 unspecified atom stereocenters. The van der Waals surface area contributed by atoms with E-state index < -0.39 is 0 Å². The first-order valence-electron chi connectivity index (χ1n) is 9.02. The summed E-state index contributed by atoms with van der Waals surface area (Å²) < 4.78 is 10.8. The highest BCUT2D eigenvalue weighted by atomic mass is 35.5. The van der Waals surface area contributed by atoms with E-state index in [4.69, 9.17) is 16.3 Å². The molecule has 1 amide bonds. The van der Waals surface area contributed by atoms with Gasteiger partial charge in [0.05, 0.1) is 13.5 Å². The van der Waals surface area contributed by atoms with Crippen molar-refractivity contribution in [3.8, 4) is 5.75 Å². The molecule has 1 aliphatic rings. The molecular weight excluding hydrogens is 354 g/mol. The molecule has 2 rings (SSSR count). The van der Waals surface area contributed by atoms with E-state index in [0.29, 0.717) is 18.1 Å². The van der Waals surface area contributed by atoms with Crippen molar-refractivity contribution < 1.29 is 19.1 Å². The lowest BCUT2D eigenvalue weighted by Gasteiger charge is -2.33. The van der Waals surface area contributed by atoms with Crippen molar-refractivity contribution in [2.75, 3.05) is 20.2 Å². The van der Waals surface area contributed by atoms with Crippen LogP contribution in [0, 0.1) is 0 Å². The van der Waals surface area contributed by atoms with Crippen molar-refractivity contribution in [3.63, 3.8) is 0 Å². The molecule has 1 fully saturated rings. The van der Waals surface area contributed by atoms with Gasteiger partial charge < -0.3 is 14.4 Å². The zero-order valence-electron chi connectivity index (χ0n) is 16.0. The first kappa shape index (κ1) is 20.6. The predicted molar refractivity (Wildman–Crippen MR) is 102 cm³/mol. The Kier molecular flexibility index (Phi) is 6.93. The van der Waals surface area contributed by atoms with Crippen LogP contribution in [0.4, 0.5) is 0 Å². The van der Waals surface area contributed by atoms with E-state index in [1.807, 2.05) is 18.2 Å². The van der Waals surface area contributed by atoms with Gasteiger partial charge in [-0.25, -0.2) is 0 Å². The zero-order chi connectivity index (χ0) is 19.3. The summed E-state index contributed by atoms with van der Waals surface area (Å²) in [7, 11) is 1.33. The summed E-state index contributed by atoms with van der Waals surface area (Å²) in [5.41, 5.74) is 1.02. The van der Waals surface area contributed by atoms with E-state index in [1.54, 1.807) is 4.90 Å². The summed E-state index contributed by atoms with van der Waals surface area (Å²) >= 11 is 6.15. The molecule has 0 aromatic heterocycles. The Labute approximate surface area is 160 Å². The number of nitrogens with zero attached hydrogens (tertiary/aromatic N) is 1. The molecule has 0 N–H and O–H groups in total.